The van der Waals surface area contributed by atoms with Gasteiger partial charge in [-0.1, -0.05) is 15.9 Å². The molecular formula is C15H14BrNO4S. The highest BCUT2D eigenvalue weighted by molar-refractivity contribution is 9.10. The van der Waals surface area contributed by atoms with Crippen molar-refractivity contribution in [1.82, 2.24) is 5.32 Å². The molecule has 0 unspecified atom stereocenters. The third-order valence-electron chi connectivity index (χ3n) is 3.22. The van der Waals surface area contributed by atoms with Crippen molar-refractivity contribution in [3.63, 3.8) is 0 Å². The molecular weight excluding hydrogens is 370 g/mol. The van der Waals surface area contributed by atoms with Gasteiger partial charge in [0, 0.05) is 10.2 Å². The van der Waals surface area contributed by atoms with E-state index in [2.05, 4.69) is 21.2 Å². The molecule has 2 heterocycles. The standard InChI is InChI=1S/C15H14BrNO4S/c16-9-1-3-10(4-2-9)20-7-11-5-6-13(21-11)14-17-12(8-22-14)15(18)19/h1-6,12,14,17H,7-8H2,(H,18,19)/t12-,14+/m1/s1. The average molecular weight is 384 g/mol. The van der Waals surface area contributed by atoms with E-state index in [1.807, 2.05) is 36.4 Å². The van der Waals surface area contributed by atoms with Crippen molar-refractivity contribution in [1.29, 1.82) is 0 Å². The number of rotatable bonds is 5. The predicted molar refractivity (Wildman–Crippen MR) is 86.9 cm³/mol. The van der Waals surface area contributed by atoms with Crippen LogP contribution in [0.25, 0.3) is 0 Å². The Morgan fingerprint density at radius 3 is 2.82 bits per heavy atom. The molecule has 5 nitrogen and oxygen atoms in total. The van der Waals surface area contributed by atoms with Gasteiger partial charge in [-0.2, -0.15) is 0 Å². The van der Waals surface area contributed by atoms with E-state index in [0.717, 1.165) is 16.0 Å². The van der Waals surface area contributed by atoms with E-state index in [9.17, 15) is 4.79 Å². The highest BCUT2D eigenvalue weighted by atomic mass is 79.9. The van der Waals surface area contributed by atoms with Crippen molar-refractivity contribution >= 4 is 33.7 Å². The first-order chi connectivity index (χ1) is 10.6. The molecule has 1 aromatic heterocycles. The smallest absolute Gasteiger partial charge is 0.321 e. The van der Waals surface area contributed by atoms with Gasteiger partial charge in [0.25, 0.3) is 0 Å². The van der Waals surface area contributed by atoms with Gasteiger partial charge in [0.1, 0.15) is 35.3 Å². The van der Waals surface area contributed by atoms with E-state index in [-0.39, 0.29) is 5.37 Å². The molecule has 0 spiro atoms. The fraction of sp³-hybridized carbons (Fsp3) is 0.267. The van der Waals surface area contributed by atoms with Gasteiger partial charge in [-0.05, 0) is 36.4 Å². The summed E-state index contributed by atoms with van der Waals surface area (Å²) in [5, 5.41) is 11.9. The second-order valence-electron chi connectivity index (χ2n) is 4.82. The lowest BCUT2D eigenvalue weighted by atomic mass is 10.3. The topological polar surface area (TPSA) is 71.7 Å². The molecule has 3 rings (SSSR count). The number of carbonyl (C=O) groups is 1. The number of furan rings is 1. The van der Waals surface area contributed by atoms with Crippen LogP contribution in [0, 0.1) is 0 Å². The van der Waals surface area contributed by atoms with Gasteiger partial charge >= 0.3 is 5.97 Å². The minimum absolute atomic E-state index is 0.123. The lowest BCUT2D eigenvalue weighted by Gasteiger charge is -2.08. The van der Waals surface area contributed by atoms with E-state index in [1.54, 1.807) is 0 Å². The van der Waals surface area contributed by atoms with Crippen LogP contribution >= 0.6 is 27.7 Å². The van der Waals surface area contributed by atoms with Gasteiger partial charge in [0.15, 0.2) is 0 Å². The third kappa shape index (κ3) is 3.66. The molecule has 2 atom stereocenters. The maximum Gasteiger partial charge on any atom is 0.321 e. The zero-order valence-electron chi connectivity index (χ0n) is 11.5. The Hall–Kier alpha value is -1.44. The van der Waals surface area contributed by atoms with Crippen LogP contribution in [0.3, 0.4) is 0 Å². The van der Waals surface area contributed by atoms with Gasteiger partial charge in [-0.15, -0.1) is 11.8 Å². The molecule has 0 radical (unpaired) electrons. The van der Waals surface area contributed by atoms with Crippen LogP contribution in [-0.4, -0.2) is 22.9 Å². The molecule has 1 aromatic carbocycles. The number of carboxylic acid groups (broad SMARTS) is 1. The molecule has 1 aliphatic heterocycles. The first-order valence-electron chi connectivity index (χ1n) is 6.69. The van der Waals surface area contributed by atoms with Gasteiger partial charge < -0.3 is 14.3 Å². The Morgan fingerprint density at radius 2 is 2.14 bits per heavy atom. The van der Waals surface area contributed by atoms with Crippen LogP contribution < -0.4 is 10.1 Å². The number of hydrogen-bond acceptors (Lipinski definition) is 5. The first-order valence-corrected chi connectivity index (χ1v) is 8.53. The fourth-order valence-corrected chi connectivity index (χ4v) is 3.52. The van der Waals surface area contributed by atoms with Gasteiger partial charge in [-0.25, -0.2) is 0 Å². The second kappa shape index (κ2) is 6.76. The molecule has 2 N–H and O–H groups in total. The van der Waals surface area contributed by atoms with Crippen molar-refractivity contribution in [3.8, 4) is 5.75 Å². The second-order valence-corrected chi connectivity index (χ2v) is 6.87. The Balaban J connectivity index is 1.57. The van der Waals surface area contributed by atoms with Crippen LogP contribution in [0.5, 0.6) is 5.75 Å². The summed E-state index contributed by atoms with van der Waals surface area (Å²) >= 11 is 4.90. The summed E-state index contributed by atoms with van der Waals surface area (Å²) in [7, 11) is 0. The number of aliphatic carboxylic acids is 1. The highest BCUT2D eigenvalue weighted by Crippen LogP contribution is 2.34. The molecule has 7 heteroatoms. The van der Waals surface area contributed by atoms with Crippen LogP contribution in [0.2, 0.25) is 0 Å². The molecule has 0 aliphatic carbocycles. The van der Waals surface area contributed by atoms with Crippen molar-refractivity contribution in [2.45, 2.75) is 18.0 Å². The Labute approximate surface area is 140 Å². The maximum atomic E-state index is 10.9. The molecule has 22 heavy (non-hydrogen) atoms. The maximum absolute atomic E-state index is 10.9. The summed E-state index contributed by atoms with van der Waals surface area (Å²) in [5.74, 6) is 1.90. The summed E-state index contributed by atoms with van der Waals surface area (Å²) in [4.78, 5) is 10.9. The van der Waals surface area contributed by atoms with E-state index < -0.39 is 12.0 Å². The quantitative estimate of drug-likeness (QED) is 0.823. The number of ether oxygens (including phenoxy) is 1. The summed E-state index contributed by atoms with van der Waals surface area (Å²) in [6.07, 6.45) is 0. The van der Waals surface area contributed by atoms with Gasteiger partial charge in [0.05, 0.1) is 0 Å². The van der Waals surface area contributed by atoms with Crippen molar-refractivity contribution in [2.24, 2.45) is 0 Å². The Morgan fingerprint density at radius 1 is 1.36 bits per heavy atom. The minimum Gasteiger partial charge on any atom is -0.486 e. The van der Waals surface area contributed by atoms with Crippen LogP contribution in [-0.2, 0) is 11.4 Å². The first kappa shape index (κ1) is 15.5. The Bertz CT molecular complexity index is 658. The largest absolute Gasteiger partial charge is 0.486 e. The molecule has 116 valence electrons. The number of thioether (sulfide) groups is 1. The normalized spacial score (nSPS) is 21.0. The van der Waals surface area contributed by atoms with Crippen LogP contribution in [0.15, 0.2) is 45.3 Å². The SMILES string of the molecule is O=C(O)[C@H]1CS[C@@H](c2ccc(COc3ccc(Br)cc3)o2)N1. The van der Waals surface area contributed by atoms with Crippen LogP contribution in [0.4, 0.5) is 0 Å². The van der Waals surface area contributed by atoms with Gasteiger partial charge in [0.2, 0.25) is 0 Å². The third-order valence-corrected chi connectivity index (χ3v) is 4.97. The summed E-state index contributed by atoms with van der Waals surface area (Å²) in [5.41, 5.74) is 0. The summed E-state index contributed by atoms with van der Waals surface area (Å²) < 4.78 is 12.4. The predicted octanol–water partition coefficient (Wildman–Crippen LogP) is 3.41. The lowest BCUT2D eigenvalue weighted by Crippen LogP contribution is -2.33. The van der Waals surface area contributed by atoms with E-state index in [1.165, 1.54) is 11.8 Å². The number of benzene rings is 1. The molecule has 2 aromatic rings. The number of carboxylic acids is 1. The van der Waals surface area contributed by atoms with E-state index in [4.69, 9.17) is 14.3 Å². The number of hydrogen-bond donors (Lipinski definition) is 2. The summed E-state index contributed by atoms with van der Waals surface area (Å²) in [6.45, 7) is 0.335. The lowest BCUT2D eigenvalue weighted by molar-refractivity contribution is -0.138. The van der Waals surface area contributed by atoms with Crippen LogP contribution in [0.1, 0.15) is 16.9 Å². The molecule has 1 fully saturated rings. The molecule has 1 saturated heterocycles. The van der Waals surface area contributed by atoms with E-state index >= 15 is 0 Å². The monoisotopic (exact) mass is 383 g/mol. The molecule has 0 bridgehead atoms. The summed E-state index contributed by atoms with van der Waals surface area (Å²) in [6, 6.07) is 10.8. The average Bonchev–Trinajstić information content (AvgIpc) is 3.15. The molecule has 1 aliphatic rings. The zero-order chi connectivity index (χ0) is 15.5. The zero-order valence-corrected chi connectivity index (χ0v) is 13.9. The fourth-order valence-electron chi connectivity index (χ4n) is 2.08. The molecule has 0 saturated carbocycles. The van der Waals surface area contributed by atoms with Crippen molar-refractivity contribution in [2.75, 3.05) is 5.75 Å². The minimum atomic E-state index is -0.833. The van der Waals surface area contributed by atoms with Crippen molar-refractivity contribution < 1.29 is 19.1 Å². The van der Waals surface area contributed by atoms with Crippen molar-refractivity contribution in [3.05, 3.63) is 52.4 Å². The number of nitrogens with one attached hydrogen (secondary N) is 1. The number of halogens is 1. The molecule has 0 amide bonds. The Kier molecular flexibility index (Phi) is 4.75. The van der Waals surface area contributed by atoms with E-state index in [0.29, 0.717) is 18.1 Å². The van der Waals surface area contributed by atoms with Gasteiger partial charge in [-0.3, -0.25) is 10.1 Å². The highest BCUT2D eigenvalue weighted by Gasteiger charge is 2.32.